The molecule has 0 fully saturated rings. The highest BCUT2D eigenvalue weighted by molar-refractivity contribution is 5.76. The Hall–Kier alpha value is -2.81. The molecular formula is C18H25N7O2. The predicted octanol–water partition coefficient (Wildman–Crippen LogP) is 3.00. The molecule has 1 atom stereocenters. The molecule has 3 heterocycles. The number of carbonyl (C=O) groups excluding carboxylic acids is 1. The lowest BCUT2D eigenvalue weighted by molar-refractivity contribution is -0.128. The quantitative estimate of drug-likeness (QED) is 0.574. The Morgan fingerprint density at radius 2 is 2.26 bits per heavy atom. The third-order valence-corrected chi connectivity index (χ3v) is 4.50. The maximum absolute atomic E-state index is 11.2. The van der Waals surface area contributed by atoms with Crippen LogP contribution in [0.15, 0.2) is 40.6 Å². The zero-order valence-electron chi connectivity index (χ0n) is 15.8. The second-order valence-electron chi connectivity index (χ2n) is 6.90. The van der Waals surface area contributed by atoms with Crippen LogP contribution < -0.4 is 5.48 Å². The molecule has 3 rings (SSSR count). The summed E-state index contributed by atoms with van der Waals surface area (Å²) in [5.74, 6) is 0.723. The number of pyridine rings is 1. The Kier molecular flexibility index (Phi) is 5.80. The second kappa shape index (κ2) is 8.26. The molecule has 0 bridgehead atoms. The van der Waals surface area contributed by atoms with Gasteiger partial charge in [0, 0.05) is 19.2 Å². The highest BCUT2D eigenvalue weighted by Gasteiger charge is 2.31. The van der Waals surface area contributed by atoms with Gasteiger partial charge in [0.05, 0.1) is 29.5 Å². The van der Waals surface area contributed by atoms with Gasteiger partial charge in [0.2, 0.25) is 5.91 Å². The van der Waals surface area contributed by atoms with Gasteiger partial charge in [-0.3, -0.25) is 20.0 Å². The van der Waals surface area contributed by atoms with E-state index in [1.54, 1.807) is 17.8 Å². The van der Waals surface area contributed by atoms with E-state index in [1.165, 1.54) is 0 Å². The Labute approximate surface area is 157 Å². The Morgan fingerprint density at radius 3 is 2.96 bits per heavy atom. The molecule has 0 aliphatic carbocycles. The molecule has 2 N–H and O–H groups in total. The molecule has 1 amide bonds. The summed E-state index contributed by atoms with van der Waals surface area (Å²) in [7, 11) is 0. The molecule has 27 heavy (non-hydrogen) atoms. The lowest BCUT2D eigenvalue weighted by Gasteiger charge is -2.28. The number of imidazole rings is 1. The van der Waals surface area contributed by atoms with Gasteiger partial charge in [-0.1, -0.05) is 26.0 Å². The highest BCUT2D eigenvalue weighted by Crippen LogP contribution is 2.34. The summed E-state index contributed by atoms with van der Waals surface area (Å²) >= 11 is 0. The van der Waals surface area contributed by atoms with Crippen LogP contribution in [0.1, 0.15) is 45.5 Å². The maximum Gasteiger partial charge on any atom is 0.247 e. The molecule has 0 radical (unpaired) electrons. The highest BCUT2D eigenvalue weighted by atomic mass is 16.5. The summed E-state index contributed by atoms with van der Waals surface area (Å²) in [6.45, 7) is 7.75. The molecule has 9 heteroatoms. The molecule has 1 aliphatic rings. The lowest BCUT2D eigenvalue weighted by atomic mass is 10.0. The van der Waals surface area contributed by atoms with Crippen molar-refractivity contribution in [3.05, 3.63) is 36.1 Å². The molecule has 1 unspecified atom stereocenters. The smallest absolute Gasteiger partial charge is 0.247 e. The van der Waals surface area contributed by atoms with Crippen molar-refractivity contribution in [2.45, 2.75) is 46.2 Å². The van der Waals surface area contributed by atoms with E-state index >= 15 is 0 Å². The van der Waals surface area contributed by atoms with Gasteiger partial charge in [0.25, 0.3) is 0 Å². The van der Waals surface area contributed by atoms with Gasteiger partial charge in [0.15, 0.2) is 0 Å². The number of hydroxylamine groups is 1. The average molecular weight is 371 g/mol. The minimum absolute atomic E-state index is 0.0507. The van der Waals surface area contributed by atoms with Crippen LogP contribution in [-0.2, 0) is 11.3 Å². The van der Waals surface area contributed by atoms with Gasteiger partial charge in [-0.2, -0.15) is 0 Å². The van der Waals surface area contributed by atoms with Gasteiger partial charge in [-0.05, 0) is 24.5 Å². The SMILES string of the molecule is CCCn1c(C(C(C)C)N2C/C(=C/CC(=O)NO)N=N2)nc2ccncc21. The number of fused-ring (bicyclic) bond motifs is 1. The molecule has 2 aromatic heterocycles. The number of nitrogens with zero attached hydrogens (tertiary/aromatic N) is 6. The van der Waals surface area contributed by atoms with Gasteiger partial charge in [-0.25, -0.2) is 10.5 Å². The summed E-state index contributed by atoms with van der Waals surface area (Å²) in [4.78, 5) is 20.3. The number of nitrogens with one attached hydrogen (secondary N) is 1. The number of aryl methyl sites for hydroxylation is 1. The van der Waals surface area contributed by atoms with Crippen molar-refractivity contribution in [3.8, 4) is 0 Å². The van der Waals surface area contributed by atoms with Crippen LogP contribution in [0.5, 0.6) is 0 Å². The van der Waals surface area contributed by atoms with Crippen molar-refractivity contribution in [2.24, 2.45) is 16.3 Å². The first kappa shape index (κ1) is 19.0. The van der Waals surface area contributed by atoms with Crippen molar-refractivity contribution >= 4 is 16.9 Å². The number of aromatic nitrogens is 3. The van der Waals surface area contributed by atoms with Gasteiger partial charge in [-0.15, -0.1) is 5.11 Å². The molecule has 1 aliphatic heterocycles. The van der Waals surface area contributed by atoms with E-state index in [-0.39, 0.29) is 18.4 Å². The first-order valence-corrected chi connectivity index (χ1v) is 9.15. The molecule has 0 spiro atoms. The van der Waals surface area contributed by atoms with Crippen molar-refractivity contribution in [2.75, 3.05) is 6.54 Å². The van der Waals surface area contributed by atoms with Gasteiger partial charge in [0.1, 0.15) is 11.9 Å². The van der Waals surface area contributed by atoms with Crippen LogP contribution in [0.4, 0.5) is 0 Å². The van der Waals surface area contributed by atoms with Gasteiger partial charge < -0.3 is 4.57 Å². The van der Waals surface area contributed by atoms with E-state index in [1.807, 2.05) is 17.3 Å². The largest absolute Gasteiger partial charge is 0.325 e. The van der Waals surface area contributed by atoms with Crippen molar-refractivity contribution in [1.29, 1.82) is 0 Å². The molecule has 2 aromatic rings. The molecule has 0 saturated carbocycles. The van der Waals surface area contributed by atoms with Crippen LogP contribution in [0.2, 0.25) is 0 Å². The molecule has 9 nitrogen and oxygen atoms in total. The van der Waals surface area contributed by atoms with E-state index < -0.39 is 5.91 Å². The topological polar surface area (TPSA) is 108 Å². The predicted molar refractivity (Wildman–Crippen MR) is 99.6 cm³/mol. The zero-order valence-corrected chi connectivity index (χ0v) is 15.8. The fourth-order valence-corrected chi connectivity index (χ4v) is 3.31. The zero-order chi connectivity index (χ0) is 19.4. The molecule has 0 aromatic carbocycles. The van der Waals surface area contributed by atoms with Crippen molar-refractivity contribution in [3.63, 3.8) is 0 Å². The summed E-state index contributed by atoms with van der Waals surface area (Å²) in [5, 5.41) is 19.0. The summed E-state index contributed by atoms with van der Waals surface area (Å²) in [6.07, 6.45) is 6.32. The normalized spacial score (nSPS) is 16.6. The summed E-state index contributed by atoms with van der Waals surface area (Å²) in [6, 6.07) is 1.87. The number of hydrogen-bond donors (Lipinski definition) is 2. The fraction of sp³-hybridized carbons (Fsp3) is 0.500. The van der Waals surface area contributed by atoms with E-state index in [4.69, 9.17) is 10.2 Å². The summed E-state index contributed by atoms with van der Waals surface area (Å²) in [5.41, 5.74) is 4.25. The first-order chi connectivity index (χ1) is 13.0. The van der Waals surface area contributed by atoms with Crippen LogP contribution in [0.25, 0.3) is 11.0 Å². The third kappa shape index (κ3) is 3.97. The second-order valence-corrected chi connectivity index (χ2v) is 6.90. The minimum atomic E-state index is -0.478. The van der Waals surface area contributed by atoms with E-state index in [2.05, 4.69) is 40.7 Å². The lowest BCUT2D eigenvalue weighted by Crippen LogP contribution is -2.29. The molecule has 0 saturated heterocycles. The Morgan fingerprint density at radius 1 is 1.44 bits per heavy atom. The third-order valence-electron chi connectivity index (χ3n) is 4.50. The Balaban J connectivity index is 1.91. The number of carbonyl (C=O) groups is 1. The standard InChI is InChI=1S/C18H25N7O2/c1-4-9-24-15-10-19-8-7-14(15)20-18(24)17(12(2)3)25-11-13(21-23-25)5-6-16(26)22-27/h5,7-8,10,12,17,27H,4,6,9,11H2,1-3H3,(H,22,26)/b13-5-. The van der Waals surface area contributed by atoms with Crippen LogP contribution in [0.3, 0.4) is 0 Å². The minimum Gasteiger partial charge on any atom is -0.325 e. The maximum atomic E-state index is 11.2. The van der Waals surface area contributed by atoms with E-state index in [0.29, 0.717) is 12.2 Å². The van der Waals surface area contributed by atoms with Crippen molar-refractivity contribution in [1.82, 2.24) is 25.0 Å². The first-order valence-electron chi connectivity index (χ1n) is 9.15. The Bertz CT molecular complexity index is 872. The molecular weight excluding hydrogens is 346 g/mol. The van der Waals surface area contributed by atoms with E-state index in [0.717, 1.165) is 29.8 Å². The summed E-state index contributed by atoms with van der Waals surface area (Å²) < 4.78 is 2.21. The van der Waals surface area contributed by atoms with Crippen LogP contribution in [-0.4, -0.2) is 37.2 Å². The monoisotopic (exact) mass is 371 g/mol. The fourth-order valence-electron chi connectivity index (χ4n) is 3.31. The molecule has 144 valence electrons. The average Bonchev–Trinajstić information content (AvgIpc) is 3.26. The van der Waals surface area contributed by atoms with Crippen LogP contribution in [0, 0.1) is 5.92 Å². The van der Waals surface area contributed by atoms with Crippen LogP contribution >= 0.6 is 0 Å². The number of rotatable bonds is 7. The van der Waals surface area contributed by atoms with E-state index in [9.17, 15) is 4.79 Å². The van der Waals surface area contributed by atoms with Gasteiger partial charge >= 0.3 is 0 Å². The van der Waals surface area contributed by atoms with Crippen molar-refractivity contribution < 1.29 is 10.0 Å². The number of amides is 1. The number of hydrogen-bond acceptors (Lipinski definition) is 7.